The molecule has 1 aromatic rings. The quantitative estimate of drug-likeness (QED) is 0.457. The lowest BCUT2D eigenvalue weighted by molar-refractivity contribution is -0.141. The van der Waals surface area contributed by atoms with Gasteiger partial charge in [-0.05, 0) is 30.5 Å². The van der Waals surface area contributed by atoms with Gasteiger partial charge in [-0.1, -0.05) is 0 Å². The van der Waals surface area contributed by atoms with Crippen molar-refractivity contribution in [1.82, 2.24) is 0 Å². The van der Waals surface area contributed by atoms with Gasteiger partial charge in [0.15, 0.2) is 0 Å². The molecule has 0 saturated carbocycles. The van der Waals surface area contributed by atoms with Crippen molar-refractivity contribution < 1.29 is 14.3 Å². The van der Waals surface area contributed by atoms with Crippen LogP contribution in [0.5, 0.6) is 0 Å². The lowest BCUT2D eigenvalue weighted by atomic mass is 10.2. The van der Waals surface area contributed by atoms with Crippen LogP contribution in [0.25, 0.3) is 0 Å². The van der Waals surface area contributed by atoms with Crippen molar-refractivity contribution in [3.8, 4) is 6.07 Å². The van der Waals surface area contributed by atoms with E-state index >= 15 is 0 Å². The summed E-state index contributed by atoms with van der Waals surface area (Å²) in [5, 5.41) is 8.83. The second kappa shape index (κ2) is 8.23. The number of anilines is 1. The van der Waals surface area contributed by atoms with Gasteiger partial charge < -0.3 is 4.74 Å². The zero-order valence-electron chi connectivity index (χ0n) is 11.5. The van der Waals surface area contributed by atoms with Crippen LogP contribution in [0.15, 0.2) is 29.2 Å². The lowest BCUT2D eigenvalue weighted by Gasteiger charge is -2.19. The minimum Gasteiger partial charge on any atom is -0.469 e. The number of hydrogen-bond acceptors (Lipinski definition) is 5. The van der Waals surface area contributed by atoms with Gasteiger partial charge in [-0.15, -0.1) is 11.8 Å². The molecule has 0 N–H and O–H groups in total. The van der Waals surface area contributed by atoms with Gasteiger partial charge in [-0.3, -0.25) is 14.5 Å². The fourth-order valence-electron chi connectivity index (χ4n) is 1.60. The van der Waals surface area contributed by atoms with E-state index in [2.05, 4.69) is 4.74 Å². The first-order valence-corrected chi connectivity index (χ1v) is 7.23. The average molecular weight is 292 g/mol. The van der Waals surface area contributed by atoms with E-state index in [-0.39, 0.29) is 25.3 Å². The molecule has 0 aliphatic rings. The van der Waals surface area contributed by atoms with Crippen LogP contribution in [0.4, 0.5) is 5.69 Å². The van der Waals surface area contributed by atoms with Crippen molar-refractivity contribution in [1.29, 1.82) is 5.26 Å². The van der Waals surface area contributed by atoms with Gasteiger partial charge in [0, 0.05) is 17.0 Å². The van der Waals surface area contributed by atoms with Gasteiger partial charge in [0.05, 0.1) is 19.6 Å². The predicted octanol–water partition coefficient (Wildman–Crippen LogP) is 2.22. The van der Waals surface area contributed by atoms with Crippen molar-refractivity contribution in [3.05, 3.63) is 24.3 Å². The third-order valence-corrected chi connectivity index (χ3v) is 3.43. The Morgan fingerprint density at radius 1 is 1.30 bits per heavy atom. The van der Waals surface area contributed by atoms with Gasteiger partial charge in [-0.25, -0.2) is 0 Å². The molecule has 0 spiro atoms. The molecule has 1 rings (SSSR count). The standard InChI is InChI=1S/C14H16N2O3S/c1-19-14(18)8-7-13(17)16(10-9-15)11-3-5-12(20-2)6-4-11/h3-6H,7-8,10H2,1-2H3. The average Bonchev–Trinajstić information content (AvgIpc) is 2.50. The number of methoxy groups -OCH3 is 1. The number of rotatable bonds is 6. The Balaban J connectivity index is 2.79. The Hall–Kier alpha value is -2.00. The predicted molar refractivity (Wildman–Crippen MR) is 77.4 cm³/mol. The SMILES string of the molecule is COC(=O)CCC(=O)N(CC#N)c1ccc(SC)cc1. The minimum atomic E-state index is -0.437. The summed E-state index contributed by atoms with van der Waals surface area (Å²) in [4.78, 5) is 25.6. The third kappa shape index (κ3) is 4.59. The van der Waals surface area contributed by atoms with E-state index in [9.17, 15) is 9.59 Å². The molecule has 5 nitrogen and oxygen atoms in total. The van der Waals surface area contributed by atoms with E-state index in [0.29, 0.717) is 5.69 Å². The summed E-state index contributed by atoms with van der Waals surface area (Å²) < 4.78 is 4.50. The Labute approximate surface area is 122 Å². The number of hydrogen-bond donors (Lipinski definition) is 0. The number of nitriles is 1. The molecule has 0 radical (unpaired) electrons. The maximum atomic E-state index is 12.1. The van der Waals surface area contributed by atoms with E-state index in [0.717, 1.165) is 4.90 Å². The van der Waals surface area contributed by atoms with E-state index in [1.807, 2.05) is 24.5 Å². The molecule has 0 saturated heterocycles. The number of thioether (sulfide) groups is 1. The highest BCUT2D eigenvalue weighted by molar-refractivity contribution is 7.98. The topological polar surface area (TPSA) is 70.4 Å². The smallest absolute Gasteiger partial charge is 0.306 e. The number of benzene rings is 1. The maximum absolute atomic E-state index is 12.1. The van der Waals surface area contributed by atoms with E-state index in [1.165, 1.54) is 12.0 Å². The first-order chi connectivity index (χ1) is 9.62. The molecule has 0 aromatic heterocycles. The molecule has 0 bridgehead atoms. The first kappa shape index (κ1) is 16.1. The zero-order chi connectivity index (χ0) is 15.0. The van der Waals surface area contributed by atoms with Gasteiger partial charge in [0.1, 0.15) is 6.54 Å². The van der Waals surface area contributed by atoms with E-state index in [4.69, 9.17) is 5.26 Å². The maximum Gasteiger partial charge on any atom is 0.306 e. The molecule has 0 aliphatic heterocycles. The Kier molecular flexibility index (Phi) is 6.60. The molecule has 0 unspecified atom stereocenters. The fraction of sp³-hybridized carbons (Fsp3) is 0.357. The summed E-state index contributed by atoms with van der Waals surface area (Å²) in [6.07, 6.45) is 2.00. The molecule has 0 heterocycles. The van der Waals surface area contributed by atoms with Crippen LogP contribution in [0.2, 0.25) is 0 Å². The summed E-state index contributed by atoms with van der Waals surface area (Å²) >= 11 is 1.60. The van der Waals surface area contributed by atoms with Crippen molar-refractivity contribution in [2.75, 3.05) is 24.8 Å². The van der Waals surface area contributed by atoms with Crippen LogP contribution in [0.3, 0.4) is 0 Å². The first-order valence-electron chi connectivity index (χ1n) is 6.00. The van der Waals surface area contributed by atoms with Crippen molar-refractivity contribution >= 4 is 29.3 Å². The number of nitrogens with zero attached hydrogens (tertiary/aromatic N) is 2. The second-order valence-corrected chi connectivity index (χ2v) is 4.79. The minimum absolute atomic E-state index is 0.0140. The summed E-state index contributed by atoms with van der Waals surface area (Å²) in [6.45, 7) is -0.0430. The highest BCUT2D eigenvalue weighted by Gasteiger charge is 2.16. The molecule has 20 heavy (non-hydrogen) atoms. The van der Waals surface area contributed by atoms with E-state index in [1.54, 1.807) is 23.9 Å². The number of carbonyl (C=O) groups excluding carboxylic acids is 2. The number of amides is 1. The van der Waals surface area contributed by atoms with Crippen LogP contribution >= 0.6 is 11.8 Å². The Morgan fingerprint density at radius 3 is 2.45 bits per heavy atom. The van der Waals surface area contributed by atoms with Gasteiger partial charge in [-0.2, -0.15) is 5.26 Å². The number of esters is 1. The summed E-state index contributed by atoms with van der Waals surface area (Å²) in [5.41, 5.74) is 0.652. The van der Waals surface area contributed by atoms with Crippen molar-refractivity contribution in [2.24, 2.45) is 0 Å². The molecule has 1 aromatic carbocycles. The van der Waals surface area contributed by atoms with E-state index < -0.39 is 5.97 Å². The monoisotopic (exact) mass is 292 g/mol. The molecule has 1 amide bonds. The van der Waals surface area contributed by atoms with Gasteiger partial charge >= 0.3 is 5.97 Å². The molecule has 0 fully saturated rings. The molecular formula is C14H16N2O3S. The molecule has 6 heteroatoms. The fourth-order valence-corrected chi connectivity index (χ4v) is 2.01. The third-order valence-electron chi connectivity index (χ3n) is 2.68. The zero-order valence-corrected chi connectivity index (χ0v) is 12.3. The highest BCUT2D eigenvalue weighted by Crippen LogP contribution is 2.21. The lowest BCUT2D eigenvalue weighted by Crippen LogP contribution is -2.31. The molecular weight excluding hydrogens is 276 g/mol. The second-order valence-electron chi connectivity index (χ2n) is 3.91. The molecule has 0 atom stereocenters. The van der Waals surface area contributed by atoms with Crippen LogP contribution in [-0.2, 0) is 14.3 Å². The van der Waals surface area contributed by atoms with Crippen LogP contribution < -0.4 is 4.90 Å². The number of ether oxygens (including phenoxy) is 1. The van der Waals surface area contributed by atoms with Crippen molar-refractivity contribution in [3.63, 3.8) is 0 Å². The molecule has 106 valence electrons. The van der Waals surface area contributed by atoms with Crippen LogP contribution in [0.1, 0.15) is 12.8 Å². The normalized spacial score (nSPS) is 9.65. The summed E-state index contributed by atoms with van der Waals surface area (Å²) in [7, 11) is 1.28. The Morgan fingerprint density at radius 2 is 1.95 bits per heavy atom. The van der Waals surface area contributed by atoms with Crippen LogP contribution in [-0.4, -0.2) is 31.8 Å². The van der Waals surface area contributed by atoms with Crippen LogP contribution in [0, 0.1) is 11.3 Å². The van der Waals surface area contributed by atoms with Crippen molar-refractivity contribution in [2.45, 2.75) is 17.7 Å². The van der Waals surface area contributed by atoms with Gasteiger partial charge in [0.2, 0.25) is 5.91 Å². The number of carbonyl (C=O) groups is 2. The largest absolute Gasteiger partial charge is 0.469 e. The molecule has 0 aliphatic carbocycles. The summed E-state index contributed by atoms with van der Waals surface area (Å²) in [5.74, 6) is -0.707. The van der Waals surface area contributed by atoms with Gasteiger partial charge in [0.25, 0.3) is 0 Å². The highest BCUT2D eigenvalue weighted by atomic mass is 32.2. The Bertz CT molecular complexity index is 508. The summed E-state index contributed by atoms with van der Waals surface area (Å²) in [6, 6.07) is 9.32.